The highest BCUT2D eigenvalue weighted by Gasteiger charge is 2.39. The summed E-state index contributed by atoms with van der Waals surface area (Å²) in [5.41, 5.74) is 2.33. The van der Waals surface area contributed by atoms with E-state index in [4.69, 9.17) is 4.74 Å². The Hall–Kier alpha value is -2.61. The lowest BCUT2D eigenvalue weighted by atomic mass is 9.85. The molecule has 30 heavy (non-hydrogen) atoms. The molecule has 2 aliphatic heterocycles. The van der Waals surface area contributed by atoms with Gasteiger partial charge < -0.3 is 19.5 Å². The molecule has 160 valence electrons. The Bertz CT molecular complexity index is 886. The number of rotatable bonds is 3. The summed E-state index contributed by atoms with van der Waals surface area (Å²) in [6, 6.07) is 1.65. The number of hydrogen-bond donors (Lipinski definition) is 2. The second kappa shape index (κ2) is 8.26. The van der Waals surface area contributed by atoms with Crippen molar-refractivity contribution < 1.29 is 14.3 Å². The molecule has 0 aromatic carbocycles. The van der Waals surface area contributed by atoms with E-state index in [1.807, 2.05) is 9.80 Å². The minimum atomic E-state index is -0.151. The minimum absolute atomic E-state index is 0.00801. The SMILES string of the molecule is O=C(c1cc[nH]c1)N1C[C@@H]2COC[C@H](C1)N(C(=O)c1cn[nH]c1C1CCCCC1)C2. The van der Waals surface area contributed by atoms with E-state index in [1.165, 1.54) is 19.3 Å². The summed E-state index contributed by atoms with van der Waals surface area (Å²) in [5, 5.41) is 7.35. The number of fused-ring (bicyclic) bond motifs is 3. The van der Waals surface area contributed by atoms with Gasteiger partial charge in [0.2, 0.25) is 0 Å². The smallest absolute Gasteiger partial charge is 0.257 e. The number of nitrogens with zero attached hydrogens (tertiary/aromatic N) is 3. The van der Waals surface area contributed by atoms with Crippen LogP contribution in [-0.2, 0) is 4.74 Å². The van der Waals surface area contributed by atoms with Crippen LogP contribution in [0.3, 0.4) is 0 Å². The van der Waals surface area contributed by atoms with Gasteiger partial charge in [0.25, 0.3) is 11.8 Å². The summed E-state index contributed by atoms with van der Waals surface area (Å²) >= 11 is 0. The second-order valence-corrected chi connectivity index (χ2v) is 8.86. The standard InChI is InChI=1S/C22H29N5O3/c28-21(17-6-7-23-8-17)26-10-15-11-27(18(12-26)14-30-13-15)22(29)19-9-24-25-20(19)16-4-2-1-3-5-16/h6-9,15-16,18,23H,1-5,10-14H2,(H,24,25)/t15-,18-/m0/s1. The molecule has 8 nitrogen and oxygen atoms in total. The van der Waals surface area contributed by atoms with Gasteiger partial charge in [0, 0.05) is 43.9 Å². The minimum Gasteiger partial charge on any atom is -0.379 e. The van der Waals surface area contributed by atoms with Gasteiger partial charge in [-0.25, -0.2) is 0 Å². The van der Waals surface area contributed by atoms with Crippen molar-refractivity contribution in [2.24, 2.45) is 5.92 Å². The van der Waals surface area contributed by atoms with Crippen molar-refractivity contribution in [2.75, 3.05) is 32.8 Å². The zero-order valence-corrected chi connectivity index (χ0v) is 17.2. The summed E-state index contributed by atoms with van der Waals surface area (Å²) in [7, 11) is 0. The molecule has 2 saturated heterocycles. The Morgan fingerprint density at radius 2 is 1.93 bits per heavy atom. The molecular weight excluding hydrogens is 382 g/mol. The summed E-state index contributed by atoms with van der Waals surface area (Å²) in [5.74, 6) is 0.512. The topological polar surface area (TPSA) is 94.3 Å². The van der Waals surface area contributed by atoms with Crippen LogP contribution in [0.15, 0.2) is 24.7 Å². The van der Waals surface area contributed by atoms with E-state index < -0.39 is 0 Å². The van der Waals surface area contributed by atoms with E-state index in [0.29, 0.717) is 49.9 Å². The van der Waals surface area contributed by atoms with Gasteiger partial charge in [-0.2, -0.15) is 5.10 Å². The van der Waals surface area contributed by atoms with E-state index >= 15 is 0 Å². The number of carbonyl (C=O) groups is 2. The van der Waals surface area contributed by atoms with Crippen molar-refractivity contribution in [2.45, 2.75) is 44.1 Å². The van der Waals surface area contributed by atoms with Crippen LogP contribution in [0.5, 0.6) is 0 Å². The zero-order valence-electron chi connectivity index (χ0n) is 17.2. The Labute approximate surface area is 176 Å². The van der Waals surface area contributed by atoms with Crippen LogP contribution in [0.25, 0.3) is 0 Å². The van der Waals surface area contributed by atoms with Gasteiger partial charge in [0.1, 0.15) is 0 Å². The molecule has 3 aliphatic rings. The Kier molecular flexibility index (Phi) is 5.33. The number of H-pyrrole nitrogens is 2. The molecule has 2 aromatic heterocycles. The molecule has 5 rings (SSSR count). The molecule has 0 radical (unpaired) electrons. The fourth-order valence-electron chi connectivity index (χ4n) is 5.22. The molecule has 2 atom stereocenters. The average Bonchev–Trinajstić information content (AvgIpc) is 3.39. The molecule has 2 amide bonds. The molecule has 3 fully saturated rings. The maximum absolute atomic E-state index is 13.6. The third-order valence-electron chi connectivity index (χ3n) is 6.77. The van der Waals surface area contributed by atoms with E-state index in [1.54, 1.807) is 24.7 Å². The van der Waals surface area contributed by atoms with Crippen molar-refractivity contribution >= 4 is 11.8 Å². The number of ether oxygens (including phenoxy) is 1. The highest BCUT2D eigenvalue weighted by Crippen LogP contribution is 2.34. The van der Waals surface area contributed by atoms with E-state index in [0.717, 1.165) is 18.5 Å². The van der Waals surface area contributed by atoms with Crippen LogP contribution < -0.4 is 0 Å². The summed E-state index contributed by atoms with van der Waals surface area (Å²) in [6.07, 6.45) is 11.1. The van der Waals surface area contributed by atoms with Gasteiger partial charge in [-0.05, 0) is 18.9 Å². The first-order valence-corrected chi connectivity index (χ1v) is 11.0. The summed E-state index contributed by atoms with van der Waals surface area (Å²) < 4.78 is 5.86. The van der Waals surface area contributed by atoms with Gasteiger partial charge in [0.15, 0.2) is 0 Å². The van der Waals surface area contributed by atoms with Crippen molar-refractivity contribution in [1.82, 2.24) is 25.0 Å². The molecule has 0 unspecified atom stereocenters. The predicted octanol–water partition coefficient (Wildman–Crippen LogP) is 2.40. The lowest BCUT2D eigenvalue weighted by Gasteiger charge is -2.31. The van der Waals surface area contributed by atoms with Crippen molar-refractivity contribution in [3.63, 3.8) is 0 Å². The molecule has 8 heteroatoms. The van der Waals surface area contributed by atoms with Crippen molar-refractivity contribution in [1.29, 1.82) is 0 Å². The largest absolute Gasteiger partial charge is 0.379 e. The van der Waals surface area contributed by atoms with Crippen molar-refractivity contribution in [3.05, 3.63) is 41.5 Å². The quantitative estimate of drug-likeness (QED) is 0.811. The van der Waals surface area contributed by atoms with Crippen molar-refractivity contribution in [3.8, 4) is 0 Å². The third-order valence-corrected chi connectivity index (χ3v) is 6.77. The number of nitrogens with one attached hydrogen (secondary N) is 2. The molecule has 4 heterocycles. The van der Waals surface area contributed by atoms with Gasteiger partial charge in [0.05, 0.1) is 42.3 Å². The average molecular weight is 412 g/mol. The van der Waals surface area contributed by atoms with Gasteiger partial charge >= 0.3 is 0 Å². The lowest BCUT2D eigenvalue weighted by Crippen LogP contribution is -2.48. The fourth-order valence-corrected chi connectivity index (χ4v) is 5.22. The van der Waals surface area contributed by atoms with Crippen LogP contribution >= 0.6 is 0 Å². The number of aromatic amines is 2. The van der Waals surface area contributed by atoms with Crippen LogP contribution in [-0.4, -0.2) is 75.7 Å². The van der Waals surface area contributed by atoms with Gasteiger partial charge in [-0.3, -0.25) is 14.7 Å². The first-order valence-electron chi connectivity index (χ1n) is 11.0. The Morgan fingerprint density at radius 1 is 1.07 bits per heavy atom. The zero-order chi connectivity index (χ0) is 20.5. The molecule has 2 N–H and O–H groups in total. The van der Waals surface area contributed by atoms with Gasteiger partial charge in [-0.15, -0.1) is 0 Å². The Morgan fingerprint density at radius 3 is 2.73 bits per heavy atom. The number of hydrogen-bond acceptors (Lipinski definition) is 4. The van der Waals surface area contributed by atoms with Gasteiger partial charge in [-0.1, -0.05) is 19.3 Å². The molecule has 1 saturated carbocycles. The number of carbonyl (C=O) groups excluding carboxylic acids is 2. The fraction of sp³-hybridized carbons (Fsp3) is 0.591. The maximum Gasteiger partial charge on any atom is 0.257 e. The molecule has 1 aliphatic carbocycles. The predicted molar refractivity (Wildman–Crippen MR) is 110 cm³/mol. The van der Waals surface area contributed by atoms with E-state index in [2.05, 4.69) is 15.2 Å². The maximum atomic E-state index is 13.6. The van der Waals surface area contributed by atoms with Crippen LogP contribution in [0, 0.1) is 5.92 Å². The second-order valence-electron chi connectivity index (χ2n) is 8.86. The summed E-state index contributed by atoms with van der Waals surface area (Å²) in [6.45, 7) is 2.72. The number of amides is 2. The third kappa shape index (κ3) is 3.64. The molecule has 2 aromatic rings. The first kappa shape index (κ1) is 19.4. The highest BCUT2D eigenvalue weighted by atomic mass is 16.5. The highest BCUT2D eigenvalue weighted by molar-refractivity contribution is 5.96. The first-order chi connectivity index (χ1) is 14.7. The van der Waals surface area contributed by atoms with Crippen LogP contribution in [0.1, 0.15) is 64.4 Å². The van der Waals surface area contributed by atoms with E-state index in [9.17, 15) is 9.59 Å². The number of aromatic nitrogens is 3. The van der Waals surface area contributed by atoms with E-state index in [-0.39, 0.29) is 23.8 Å². The Balaban J connectivity index is 1.38. The van der Waals surface area contributed by atoms with Crippen LogP contribution in [0.4, 0.5) is 0 Å². The lowest BCUT2D eigenvalue weighted by molar-refractivity contribution is 0.0380. The summed E-state index contributed by atoms with van der Waals surface area (Å²) in [4.78, 5) is 33.3. The monoisotopic (exact) mass is 411 g/mol. The molecule has 0 spiro atoms. The normalized spacial score (nSPS) is 25.2. The molecular formula is C22H29N5O3. The van der Waals surface area contributed by atoms with Crippen LogP contribution in [0.2, 0.25) is 0 Å². The molecule has 2 bridgehead atoms.